The van der Waals surface area contributed by atoms with Gasteiger partial charge in [-0.3, -0.25) is 19.4 Å². The van der Waals surface area contributed by atoms with Crippen LogP contribution in [0.1, 0.15) is 18.4 Å². The van der Waals surface area contributed by atoms with Gasteiger partial charge in [0, 0.05) is 45.7 Å². The van der Waals surface area contributed by atoms with E-state index >= 15 is 0 Å². The summed E-state index contributed by atoms with van der Waals surface area (Å²) in [5, 5.41) is 2.57. The summed E-state index contributed by atoms with van der Waals surface area (Å²) < 4.78 is 13.1. The van der Waals surface area contributed by atoms with Crippen LogP contribution in [-0.2, 0) is 20.8 Å². The lowest BCUT2D eigenvalue weighted by atomic mass is 10.0. The number of aryl methyl sites for hydroxylation is 1. The standard InChI is InChI=1S/C17H21FN4O3/c1-19-17(25)12-5-16(24)22(8-12)14-9-21(10-14)15(23)3-2-11-4-13(18)7-20-6-11/h4,6-7,12,14H,2-3,5,8-10H2,1H3,(H,19,25). The van der Waals surface area contributed by atoms with E-state index in [-0.39, 0.29) is 42.5 Å². The van der Waals surface area contributed by atoms with Crippen molar-refractivity contribution >= 4 is 17.7 Å². The molecule has 0 aromatic carbocycles. The summed E-state index contributed by atoms with van der Waals surface area (Å²) in [6.07, 6.45) is 3.64. The van der Waals surface area contributed by atoms with Crippen LogP contribution in [0.25, 0.3) is 0 Å². The van der Waals surface area contributed by atoms with E-state index in [2.05, 4.69) is 10.3 Å². The Bertz CT molecular complexity index is 690. The zero-order chi connectivity index (χ0) is 18.0. The molecule has 1 aromatic rings. The second-order valence-electron chi connectivity index (χ2n) is 6.53. The highest BCUT2D eigenvalue weighted by Gasteiger charge is 2.42. The Balaban J connectivity index is 1.45. The van der Waals surface area contributed by atoms with Crippen LogP contribution in [0.4, 0.5) is 4.39 Å². The maximum atomic E-state index is 13.1. The summed E-state index contributed by atoms with van der Waals surface area (Å²) in [6.45, 7) is 1.40. The van der Waals surface area contributed by atoms with Gasteiger partial charge < -0.3 is 15.1 Å². The van der Waals surface area contributed by atoms with Gasteiger partial charge in [0.25, 0.3) is 0 Å². The monoisotopic (exact) mass is 348 g/mol. The Morgan fingerprint density at radius 2 is 2.08 bits per heavy atom. The lowest BCUT2D eigenvalue weighted by molar-refractivity contribution is -0.144. The minimum absolute atomic E-state index is 0.0121. The molecule has 25 heavy (non-hydrogen) atoms. The summed E-state index contributed by atoms with van der Waals surface area (Å²) in [5.41, 5.74) is 0.688. The number of amides is 3. The van der Waals surface area contributed by atoms with Crippen molar-refractivity contribution in [2.75, 3.05) is 26.7 Å². The first kappa shape index (κ1) is 17.3. The fourth-order valence-corrected chi connectivity index (χ4v) is 3.32. The first-order valence-corrected chi connectivity index (χ1v) is 8.36. The van der Waals surface area contributed by atoms with Crippen molar-refractivity contribution < 1.29 is 18.8 Å². The smallest absolute Gasteiger partial charge is 0.225 e. The van der Waals surface area contributed by atoms with Crippen LogP contribution in [0.5, 0.6) is 0 Å². The second kappa shape index (κ2) is 7.16. The Morgan fingerprint density at radius 1 is 1.32 bits per heavy atom. The molecule has 0 spiro atoms. The summed E-state index contributed by atoms with van der Waals surface area (Å²) in [7, 11) is 1.56. The van der Waals surface area contributed by atoms with Crippen molar-refractivity contribution in [1.29, 1.82) is 0 Å². The SMILES string of the molecule is CNC(=O)C1CC(=O)N(C2CN(C(=O)CCc3cncc(F)c3)C2)C1. The van der Waals surface area contributed by atoms with Gasteiger partial charge in [-0.25, -0.2) is 4.39 Å². The van der Waals surface area contributed by atoms with Gasteiger partial charge in [-0.2, -0.15) is 0 Å². The highest BCUT2D eigenvalue weighted by atomic mass is 19.1. The third-order valence-corrected chi connectivity index (χ3v) is 4.82. The maximum absolute atomic E-state index is 13.1. The van der Waals surface area contributed by atoms with Gasteiger partial charge in [0.15, 0.2) is 0 Å². The molecule has 2 aliphatic rings. The zero-order valence-corrected chi connectivity index (χ0v) is 14.1. The van der Waals surface area contributed by atoms with Crippen LogP contribution in [0.2, 0.25) is 0 Å². The first-order valence-electron chi connectivity index (χ1n) is 8.36. The van der Waals surface area contributed by atoms with Gasteiger partial charge in [0.2, 0.25) is 17.7 Å². The topological polar surface area (TPSA) is 82.6 Å². The number of carbonyl (C=O) groups excluding carboxylic acids is 3. The Hall–Kier alpha value is -2.51. The number of aromatic nitrogens is 1. The van der Waals surface area contributed by atoms with Crippen molar-refractivity contribution in [1.82, 2.24) is 20.1 Å². The van der Waals surface area contributed by atoms with Gasteiger partial charge in [-0.15, -0.1) is 0 Å². The fraction of sp³-hybridized carbons (Fsp3) is 0.529. The molecule has 2 saturated heterocycles. The number of likely N-dealkylation sites (tertiary alicyclic amines) is 2. The van der Waals surface area contributed by atoms with Crippen LogP contribution in [0.3, 0.4) is 0 Å². The number of rotatable bonds is 5. The lowest BCUT2D eigenvalue weighted by Gasteiger charge is -2.44. The quantitative estimate of drug-likeness (QED) is 0.809. The molecule has 1 N–H and O–H groups in total. The van der Waals surface area contributed by atoms with Gasteiger partial charge >= 0.3 is 0 Å². The molecule has 1 aromatic heterocycles. The van der Waals surface area contributed by atoms with Gasteiger partial charge in [0.1, 0.15) is 5.82 Å². The van der Waals surface area contributed by atoms with Crippen molar-refractivity contribution in [3.63, 3.8) is 0 Å². The molecule has 0 saturated carbocycles. The normalized spacial score (nSPS) is 20.6. The number of nitrogens with zero attached hydrogens (tertiary/aromatic N) is 3. The Morgan fingerprint density at radius 3 is 2.76 bits per heavy atom. The zero-order valence-electron chi connectivity index (χ0n) is 14.1. The second-order valence-corrected chi connectivity index (χ2v) is 6.53. The number of halogens is 1. The fourth-order valence-electron chi connectivity index (χ4n) is 3.32. The molecule has 0 bridgehead atoms. The molecule has 1 unspecified atom stereocenters. The van der Waals surface area contributed by atoms with Crippen LogP contribution < -0.4 is 5.32 Å². The molecule has 2 aliphatic heterocycles. The number of hydrogen-bond donors (Lipinski definition) is 1. The van der Waals surface area contributed by atoms with Crippen LogP contribution >= 0.6 is 0 Å². The van der Waals surface area contributed by atoms with Gasteiger partial charge in [-0.05, 0) is 18.1 Å². The molecule has 3 rings (SSSR count). The van der Waals surface area contributed by atoms with Crippen molar-refractivity contribution in [2.24, 2.45) is 5.92 Å². The molecule has 134 valence electrons. The third-order valence-electron chi connectivity index (χ3n) is 4.82. The van der Waals surface area contributed by atoms with E-state index < -0.39 is 5.82 Å². The average molecular weight is 348 g/mol. The predicted molar refractivity (Wildman–Crippen MR) is 86.8 cm³/mol. The van der Waals surface area contributed by atoms with Crippen molar-refractivity contribution in [2.45, 2.75) is 25.3 Å². The molecular formula is C17H21FN4O3. The third kappa shape index (κ3) is 3.78. The number of carbonyl (C=O) groups is 3. The molecule has 2 fully saturated rings. The summed E-state index contributed by atoms with van der Waals surface area (Å²) in [6, 6.07) is 1.36. The van der Waals surface area contributed by atoms with Crippen molar-refractivity contribution in [3.05, 3.63) is 29.8 Å². The molecule has 0 aliphatic carbocycles. The Labute approximate surface area is 145 Å². The van der Waals surface area contributed by atoms with E-state index in [4.69, 9.17) is 0 Å². The lowest BCUT2D eigenvalue weighted by Crippen LogP contribution is -2.61. The summed E-state index contributed by atoms with van der Waals surface area (Å²) in [5.74, 6) is -0.881. The minimum Gasteiger partial charge on any atom is -0.359 e. The van der Waals surface area contributed by atoms with Crippen LogP contribution in [0.15, 0.2) is 18.5 Å². The number of pyridine rings is 1. The Kier molecular flexibility index (Phi) is 4.96. The van der Waals surface area contributed by atoms with E-state index in [0.717, 1.165) is 6.20 Å². The van der Waals surface area contributed by atoms with E-state index in [1.165, 1.54) is 6.07 Å². The highest BCUT2D eigenvalue weighted by molar-refractivity contribution is 5.89. The number of nitrogens with one attached hydrogen (secondary N) is 1. The maximum Gasteiger partial charge on any atom is 0.225 e. The van der Waals surface area contributed by atoms with Crippen LogP contribution in [-0.4, -0.2) is 65.2 Å². The van der Waals surface area contributed by atoms with Crippen LogP contribution in [0, 0.1) is 11.7 Å². The molecule has 0 radical (unpaired) electrons. The molecule has 3 amide bonds. The predicted octanol–water partition coefficient (Wildman–Crippen LogP) is -0.0414. The number of hydrogen-bond acceptors (Lipinski definition) is 4. The van der Waals surface area contributed by atoms with Gasteiger partial charge in [0.05, 0.1) is 18.2 Å². The van der Waals surface area contributed by atoms with Crippen molar-refractivity contribution in [3.8, 4) is 0 Å². The molecule has 3 heterocycles. The summed E-state index contributed by atoms with van der Waals surface area (Å²) in [4.78, 5) is 43.1. The van der Waals surface area contributed by atoms with E-state index in [1.807, 2.05) is 0 Å². The van der Waals surface area contributed by atoms with E-state index in [0.29, 0.717) is 31.6 Å². The molecule has 8 heteroatoms. The average Bonchev–Trinajstić information content (AvgIpc) is 2.92. The van der Waals surface area contributed by atoms with E-state index in [9.17, 15) is 18.8 Å². The molecule has 1 atom stereocenters. The highest BCUT2D eigenvalue weighted by Crippen LogP contribution is 2.25. The molecule has 7 nitrogen and oxygen atoms in total. The molecular weight excluding hydrogens is 327 g/mol. The first-order chi connectivity index (χ1) is 12.0. The summed E-state index contributed by atoms with van der Waals surface area (Å²) >= 11 is 0. The largest absolute Gasteiger partial charge is 0.359 e. The van der Waals surface area contributed by atoms with E-state index in [1.54, 1.807) is 23.0 Å². The minimum atomic E-state index is -0.410. The van der Waals surface area contributed by atoms with Gasteiger partial charge in [-0.1, -0.05) is 0 Å².